The monoisotopic (exact) mass is 434 g/mol. The Kier molecular flexibility index (Phi) is 22.4. The molecule has 0 fully saturated rings. The molecule has 0 aromatic carbocycles. The second-order valence-corrected chi connectivity index (χ2v) is 7.66. The third-order valence-corrected chi connectivity index (χ3v) is 4.80. The molecule has 0 aliphatic heterocycles. The van der Waals surface area contributed by atoms with Crippen LogP contribution in [0.25, 0.3) is 0 Å². The summed E-state index contributed by atoms with van der Waals surface area (Å²) in [6, 6.07) is 0. The number of carbonyl (C=O) groups is 3. The summed E-state index contributed by atoms with van der Waals surface area (Å²) in [5, 5.41) is 41.0. The maximum atomic E-state index is 10.3. The minimum absolute atomic E-state index is 0.345. The van der Waals surface area contributed by atoms with Crippen LogP contribution in [0.15, 0.2) is 0 Å². The first kappa shape index (κ1) is 30.5. The zero-order valence-electron chi connectivity index (χ0n) is 18.4. The predicted molar refractivity (Wildman–Crippen MR) is 114 cm³/mol. The second kappa shape index (κ2) is 22.0. The number of carboxylic acid groups (broad SMARTS) is 3. The first-order valence-electron chi connectivity index (χ1n) is 11.3. The van der Waals surface area contributed by atoms with Crippen LogP contribution < -0.4 is 0 Å². The summed E-state index contributed by atoms with van der Waals surface area (Å²) in [5.41, 5.74) is 0. The van der Waals surface area contributed by atoms with E-state index in [0.717, 1.165) is 12.8 Å². The smallest absolute Gasteiger partial charge is 0.335 e. The highest BCUT2D eigenvalue weighted by Crippen LogP contribution is 2.13. The Morgan fingerprint density at radius 1 is 0.533 bits per heavy atom. The molecule has 30 heavy (non-hydrogen) atoms. The fourth-order valence-corrected chi connectivity index (χ4v) is 2.92. The van der Waals surface area contributed by atoms with E-state index in [1.807, 2.05) is 0 Å². The van der Waals surface area contributed by atoms with Crippen molar-refractivity contribution in [3.63, 3.8) is 0 Å². The number of hydrogen-bond donors (Lipinski definition) is 5. The van der Waals surface area contributed by atoms with Crippen molar-refractivity contribution < 1.29 is 39.9 Å². The van der Waals surface area contributed by atoms with Gasteiger partial charge < -0.3 is 25.5 Å². The van der Waals surface area contributed by atoms with Crippen LogP contribution >= 0.6 is 0 Å². The first-order valence-corrected chi connectivity index (χ1v) is 11.3. The molecule has 0 aliphatic carbocycles. The molecule has 0 radical (unpaired) electrons. The summed E-state index contributed by atoms with van der Waals surface area (Å²) in [6.07, 6.45) is 15.7. The molecule has 0 saturated carbocycles. The number of aliphatic hydroxyl groups excluding tert-OH is 2. The highest BCUT2D eigenvalue weighted by atomic mass is 16.4. The van der Waals surface area contributed by atoms with Crippen molar-refractivity contribution in [2.75, 3.05) is 0 Å². The zero-order valence-corrected chi connectivity index (χ0v) is 18.4. The molecule has 2 atom stereocenters. The van der Waals surface area contributed by atoms with E-state index in [4.69, 9.17) is 25.5 Å². The molecule has 0 saturated heterocycles. The Morgan fingerprint density at radius 2 is 0.800 bits per heavy atom. The predicted octanol–water partition coefficient (Wildman–Crippen LogP) is 4.21. The van der Waals surface area contributed by atoms with E-state index in [9.17, 15) is 14.4 Å². The summed E-state index contributed by atoms with van der Waals surface area (Å²) in [7, 11) is 0. The van der Waals surface area contributed by atoms with E-state index >= 15 is 0 Å². The van der Waals surface area contributed by atoms with Crippen LogP contribution in [-0.4, -0.2) is 55.6 Å². The van der Waals surface area contributed by atoms with Crippen LogP contribution in [0.1, 0.15) is 110 Å². The molecular weight excluding hydrogens is 392 g/mol. The van der Waals surface area contributed by atoms with Gasteiger partial charge in [-0.2, -0.15) is 0 Å². The molecule has 0 unspecified atom stereocenters. The van der Waals surface area contributed by atoms with Gasteiger partial charge in [0.2, 0.25) is 0 Å². The number of hydrogen-bond acceptors (Lipinski definition) is 5. The molecule has 0 spiro atoms. The summed E-state index contributed by atoms with van der Waals surface area (Å²) >= 11 is 0. The summed E-state index contributed by atoms with van der Waals surface area (Å²) < 4.78 is 0. The van der Waals surface area contributed by atoms with Gasteiger partial charge in [0.15, 0.2) is 12.2 Å². The highest BCUT2D eigenvalue weighted by Gasteiger charge is 2.29. The molecule has 0 aromatic heterocycles. The third kappa shape index (κ3) is 22.6. The lowest BCUT2D eigenvalue weighted by Gasteiger charge is -2.07. The first-order chi connectivity index (χ1) is 14.2. The summed E-state index contributed by atoms with van der Waals surface area (Å²) in [6.45, 7) is 2.27. The Bertz CT molecular complexity index is 421. The third-order valence-electron chi connectivity index (χ3n) is 4.80. The van der Waals surface area contributed by atoms with Gasteiger partial charge in [0.1, 0.15) is 0 Å². The second-order valence-electron chi connectivity index (χ2n) is 7.66. The number of unbranched alkanes of at least 4 members (excludes halogenated alkanes) is 14. The molecular formula is C22H42O8. The van der Waals surface area contributed by atoms with Crippen LogP contribution in [0.5, 0.6) is 0 Å². The van der Waals surface area contributed by atoms with E-state index in [0.29, 0.717) is 6.42 Å². The lowest BCUT2D eigenvalue weighted by Crippen LogP contribution is -2.39. The van der Waals surface area contributed by atoms with Crippen molar-refractivity contribution in [3.05, 3.63) is 0 Å². The van der Waals surface area contributed by atoms with Crippen molar-refractivity contribution in [1.29, 1.82) is 0 Å². The molecule has 0 heterocycles. The standard InChI is InChI=1S/C18H36O2.C4H6O6/c1-2-3-4-5-6-7-8-9-10-11-12-13-14-15-16-17-18(19)20;5-1(3(7)8)2(6)4(9)10/h2-17H2,1H3,(H,19,20);1-2,5-6H,(H,7,8)(H,9,10)/t;1-,2-/m.1/s1. The highest BCUT2D eigenvalue weighted by molar-refractivity contribution is 5.83. The molecule has 0 aliphatic rings. The van der Waals surface area contributed by atoms with E-state index in [-0.39, 0.29) is 0 Å². The van der Waals surface area contributed by atoms with Gasteiger partial charge in [-0.1, -0.05) is 96.8 Å². The number of aliphatic carboxylic acids is 3. The van der Waals surface area contributed by atoms with Crippen LogP contribution in [0.4, 0.5) is 0 Å². The molecule has 0 rings (SSSR count). The van der Waals surface area contributed by atoms with Crippen LogP contribution in [-0.2, 0) is 14.4 Å². The Labute approximate surface area is 180 Å². The molecule has 0 amide bonds. The molecule has 8 heteroatoms. The van der Waals surface area contributed by atoms with Gasteiger partial charge in [-0.15, -0.1) is 0 Å². The normalized spacial score (nSPS) is 12.5. The van der Waals surface area contributed by atoms with E-state index in [1.54, 1.807) is 0 Å². The Balaban J connectivity index is 0. The van der Waals surface area contributed by atoms with Crippen molar-refractivity contribution in [2.24, 2.45) is 0 Å². The number of rotatable bonds is 19. The largest absolute Gasteiger partial charge is 0.481 e. The van der Waals surface area contributed by atoms with Crippen molar-refractivity contribution in [2.45, 2.75) is 122 Å². The van der Waals surface area contributed by atoms with E-state index < -0.39 is 30.1 Å². The van der Waals surface area contributed by atoms with E-state index in [2.05, 4.69) is 6.92 Å². The van der Waals surface area contributed by atoms with Gasteiger partial charge in [-0.05, 0) is 6.42 Å². The average Bonchev–Trinajstić information content (AvgIpc) is 2.69. The summed E-state index contributed by atoms with van der Waals surface area (Å²) in [4.78, 5) is 29.9. The minimum Gasteiger partial charge on any atom is -0.481 e. The van der Waals surface area contributed by atoms with Crippen LogP contribution in [0, 0.1) is 0 Å². The van der Waals surface area contributed by atoms with Crippen LogP contribution in [0.2, 0.25) is 0 Å². The van der Waals surface area contributed by atoms with Crippen molar-refractivity contribution in [3.8, 4) is 0 Å². The fourth-order valence-electron chi connectivity index (χ4n) is 2.92. The summed E-state index contributed by atoms with van der Waals surface area (Å²) in [5.74, 6) is -4.19. The van der Waals surface area contributed by atoms with Gasteiger partial charge in [0.25, 0.3) is 0 Å². The molecule has 0 bridgehead atoms. The molecule has 5 N–H and O–H groups in total. The minimum atomic E-state index is -2.27. The van der Waals surface area contributed by atoms with Gasteiger partial charge in [0.05, 0.1) is 0 Å². The Morgan fingerprint density at radius 3 is 1.03 bits per heavy atom. The van der Waals surface area contributed by atoms with Crippen LogP contribution in [0.3, 0.4) is 0 Å². The maximum Gasteiger partial charge on any atom is 0.335 e. The lowest BCUT2D eigenvalue weighted by molar-refractivity contribution is -0.165. The van der Waals surface area contributed by atoms with Crippen molar-refractivity contribution in [1.82, 2.24) is 0 Å². The van der Waals surface area contributed by atoms with E-state index in [1.165, 1.54) is 83.5 Å². The van der Waals surface area contributed by atoms with Gasteiger partial charge in [-0.25, -0.2) is 9.59 Å². The quantitative estimate of drug-likeness (QED) is 0.190. The molecule has 8 nitrogen and oxygen atoms in total. The van der Waals surface area contributed by atoms with Gasteiger partial charge in [0, 0.05) is 6.42 Å². The maximum absolute atomic E-state index is 10.3. The number of aliphatic hydroxyl groups is 2. The molecule has 178 valence electrons. The average molecular weight is 435 g/mol. The lowest BCUT2D eigenvalue weighted by atomic mass is 10.0. The number of carboxylic acids is 3. The van der Waals surface area contributed by atoms with Crippen molar-refractivity contribution >= 4 is 17.9 Å². The Hall–Kier alpha value is -1.67. The zero-order chi connectivity index (χ0) is 23.2. The molecule has 0 aromatic rings. The fraction of sp³-hybridized carbons (Fsp3) is 0.864. The SMILES string of the molecule is CCCCCCCCCCCCCCCCCC(=O)O.O=C(O)[C@H](O)[C@@H](O)C(=O)O. The van der Waals surface area contributed by atoms with Gasteiger partial charge in [-0.3, -0.25) is 4.79 Å². The van der Waals surface area contributed by atoms with Gasteiger partial charge >= 0.3 is 17.9 Å². The topological polar surface area (TPSA) is 152 Å².